The summed E-state index contributed by atoms with van der Waals surface area (Å²) in [6, 6.07) is 12.3. The van der Waals surface area contributed by atoms with Crippen molar-refractivity contribution in [2.75, 3.05) is 0 Å². The van der Waals surface area contributed by atoms with E-state index >= 15 is 0 Å². The maximum Gasteiger partial charge on any atom is 0.0570 e. The van der Waals surface area contributed by atoms with Gasteiger partial charge in [0.05, 0.1) is 5.69 Å². The van der Waals surface area contributed by atoms with E-state index in [-0.39, 0.29) is 6.04 Å². The summed E-state index contributed by atoms with van der Waals surface area (Å²) in [5.74, 6) is 0. The lowest BCUT2D eigenvalue weighted by molar-refractivity contribution is 0.561. The van der Waals surface area contributed by atoms with Crippen molar-refractivity contribution >= 4 is 11.6 Å². The van der Waals surface area contributed by atoms with E-state index in [9.17, 15) is 0 Å². The SMILES string of the molecule is Cc1ccc(CN[C@@H](C)c2ccccn2)cc1Cl. The summed E-state index contributed by atoms with van der Waals surface area (Å²) in [5, 5.41) is 4.26. The van der Waals surface area contributed by atoms with Gasteiger partial charge in [0.25, 0.3) is 0 Å². The number of nitrogens with one attached hydrogen (secondary N) is 1. The minimum Gasteiger partial charge on any atom is -0.305 e. The maximum atomic E-state index is 6.11. The number of hydrogen-bond donors (Lipinski definition) is 1. The first-order valence-corrected chi connectivity index (χ1v) is 6.44. The Morgan fingerprint density at radius 1 is 1.28 bits per heavy atom. The summed E-state index contributed by atoms with van der Waals surface area (Å²) in [6.07, 6.45) is 1.82. The first-order valence-electron chi connectivity index (χ1n) is 6.06. The molecule has 2 aromatic rings. The molecule has 2 rings (SSSR count). The molecule has 0 saturated carbocycles. The zero-order chi connectivity index (χ0) is 13.0. The Morgan fingerprint density at radius 3 is 2.78 bits per heavy atom. The van der Waals surface area contributed by atoms with Crippen LogP contribution in [0.4, 0.5) is 0 Å². The molecule has 0 amide bonds. The third kappa shape index (κ3) is 3.31. The van der Waals surface area contributed by atoms with Gasteiger partial charge in [0, 0.05) is 23.8 Å². The van der Waals surface area contributed by atoms with Gasteiger partial charge in [-0.15, -0.1) is 0 Å². The predicted molar refractivity (Wildman–Crippen MR) is 75.7 cm³/mol. The monoisotopic (exact) mass is 260 g/mol. The second-order valence-corrected chi connectivity index (χ2v) is 4.85. The number of aryl methyl sites for hydroxylation is 1. The Hall–Kier alpha value is -1.38. The second kappa shape index (κ2) is 5.98. The van der Waals surface area contributed by atoms with Crippen LogP contribution in [0.3, 0.4) is 0 Å². The molecule has 0 saturated heterocycles. The Kier molecular flexibility index (Phi) is 4.34. The van der Waals surface area contributed by atoms with Gasteiger partial charge in [0.15, 0.2) is 0 Å². The molecule has 0 aliphatic rings. The van der Waals surface area contributed by atoms with Crippen molar-refractivity contribution in [3.8, 4) is 0 Å². The summed E-state index contributed by atoms with van der Waals surface area (Å²) in [7, 11) is 0. The van der Waals surface area contributed by atoms with E-state index in [2.05, 4.69) is 23.3 Å². The quantitative estimate of drug-likeness (QED) is 0.902. The Morgan fingerprint density at radius 2 is 2.11 bits per heavy atom. The molecule has 0 spiro atoms. The highest BCUT2D eigenvalue weighted by atomic mass is 35.5. The fourth-order valence-corrected chi connectivity index (χ4v) is 1.96. The molecule has 2 nitrogen and oxygen atoms in total. The van der Waals surface area contributed by atoms with Crippen molar-refractivity contribution in [2.45, 2.75) is 26.4 Å². The summed E-state index contributed by atoms with van der Waals surface area (Å²) in [5.41, 5.74) is 3.35. The van der Waals surface area contributed by atoms with Gasteiger partial charge in [-0.3, -0.25) is 4.98 Å². The maximum absolute atomic E-state index is 6.11. The van der Waals surface area contributed by atoms with E-state index < -0.39 is 0 Å². The van der Waals surface area contributed by atoms with E-state index in [4.69, 9.17) is 11.6 Å². The molecule has 0 aliphatic carbocycles. The lowest BCUT2D eigenvalue weighted by Crippen LogP contribution is -2.18. The number of nitrogens with zero attached hydrogens (tertiary/aromatic N) is 1. The third-order valence-corrected chi connectivity index (χ3v) is 3.39. The van der Waals surface area contributed by atoms with Crippen molar-refractivity contribution < 1.29 is 0 Å². The molecule has 0 unspecified atom stereocenters. The largest absolute Gasteiger partial charge is 0.305 e. The van der Waals surface area contributed by atoms with Crippen LogP contribution in [0.2, 0.25) is 5.02 Å². The zero-order valence-corrected chi connectivity index (χ0v) is 11.4. The summed E-state index contributed by atoms with van der Waals surface area (Å²) in [6.45, 7) is 4.91. The third-order valence-electron chi connectivity index (χ3n) is 2.98. The molecule has 18 heavy (non-hydrogen) atoms. The van der Waals surface area contributed by atoms with Crippen molar-refractivity contribution in [3.63, 3.8) is 0 Å². The van der Waals surface area contributed by atoms with Crippen LogP contribution < -0.4 is 5.32 Å². The van der Waals surface area contributed by atoms with E-state index in [1.165, 1.54) is 5.56 Å². The topological polar surface area (TPSA) is 24.9 Å². The van der Waals surface area contributed by atoms with Crippen molar-refractivity contribution in [1.82, 2.24) is 10.3 Å². The molecule has 0 aliphatic heterocycles. The van der Waals surface area contributed by atoms with E-state index in [1.54, 1.807) is 0 Å². The first-order chi connectivity index (χ1) is 8.66. The Balaban J connectivity index is 1.97. The molecule has 1 atom stereocenters. The summed E-state index contributed by atoms with van der Waals surface area (Å²) < 4.78 is 0. The molecule has 0 bridgehead atoms. The van der Waals surface area contributed by atoms with Gasteiger partial charge in [-0.25, -0.2) is 0 Å². The number of rotatable bonds is 4. The lowest BCUT2D eigenvalue weighted by atomic mass is 10.1. The average molecular weight is 261 g/mol. The summed E-state index contributed by atoms with van der Waals surface area (Å²) >= 11 is 6.11. The molecule has 1 aromatic carbocycles. The Labute approximate surface area is 113 Å². The van der Waals surface area contributed by atoms with Gasteiger partial charge in [-0.2, -0.15) is 0 Å². The molecule has 1 aromatic heterocycles. The van der Waals surface area contributed by atoms with Gasteiger partial charge < -0.3 is 5.32 Å². The number of halogens is 1. The zero-order valence-electron chi connectivity index (χ0n) is 10.7. The number of hydrogen-bond acceptors (Lipinski definition) is 2. The smallest absolute Gasteiger partial charge is 0.0570 e. The van der Waals surface area contributed by atoms with E-state index in [1.807, 2.05) is 43.5 Å². The normalized spacial score (nSPS) is 12.4. The van der Waals surface area contributed by atoms with Gasteiger partial charge in [0.2, 0.25) is 0 Å². The van der Waals surface area contributed by atoms with Crippen LogP contribution in [0, 0.1) is 6.92 Å². The van der Waals surface area contributed by atoms with Crippen LogP contribution in [0.25, 0.3) is 0 Å². The number of aromatic nitrogens is 1. The van der Waals surface area contributed by atoms with Gasteiger partial charge >= 0.3 is 0 Å². The highest BCUT2D eigenvalue weighted by molar-refractivity contribution is 6.31. The number of benzene rings is 1. The van der Waals surface area contributed by atoms with Crippen LogP contribution in [0.1, 0.15) is 29.8 Å². The highest BCUT2D eigenvalue weighted by Gasteiger charge is 2.05. The minimum atomic E-state index is 0.228. The van der Waals surface area contributed by atoms with Crippen molar-refractivity contribution in [2.24, 2.45) is 0 Å². The molecule has 0 fully saturated rings. The molecule has 1 heterocycles. The van der Waals surface area contributed by atoms with Crippen LogP contribution >= 0.6 is 11.6 Å². The first kappa shape index (κ1) is 13.1. The standard InChI is InChI=1S/C15H17ClN2/c1-11-6-7-13(9-14(11)16)10-18-12(2)15-5-3-4-8-17-15/h3-9,12,18H,10H2,1-2H3/t12-/m0/s1. The van der Waals surface area contributed by atoms with Gasteiger partial charge in [-0.1, -0.05) is 29.8 Å². The summed E-state index contributed by atoms with van der Waals surface area (Å²) in [4.78, 5) is 4.33. The van der Waals surface area contributed by atoms with Crippen molar-refractivity contribution in [1.29, 1.82) is 0 Å². The van der Waals surface area contributed by atoms with Gasteiger partial charge in [0.1, 0.15) is 0 Å². The molecular formula is C15H17ClN2. The molecule has 1 N–H and O–H groups in total. The highest BCUT2D eigenvalue weighted by Crippen LogP contribution is 2.17. The van der Waals surface area contributed by atoms with Gasteiger partial charge in [-0.05, 0) is 43.2 Å². The minimum absolute atomic E-state index is 0.228. The van der Waals surface area contributed by atoms with Crippen LogP contribution in [0.5, 0.6) is 0 Å². The van der Waals surface area contributed by atoms with Crippen LogP contribution in [0.15, 0.2) is 42.6 Å². The average Bonchev–Trinajstić information content (AvgIpc) is 2.41. The fraction of sp³-hybridized carbons (Fsp3) is 0.267. The van der Waals surface area contributed by atoms with Crippen LogP contribution in [-0.4, -0.2) is 4.98 Å². The van der Waals surface area contributed by atoms with Crippen molar-refractivity contribution in [3.05, 3.63) is 64.4 Å². The predicted octanol–water partition coefficient (Wildman–Crippen LogP) is 3.89. The second-order valence-electron chi connectivity index (χ2n) is 4.44. The number of pyridine rings is 1. The lowest BCUT2D eigenvalue weighted by Gasteiger charge is -2.13. The molecule has 94 valence electrons. The Bertz CT molecular complexity index is 511. The molecule has 3 heteroatoms. The van der Waals surface area contributed by atoms with E-state index in [0.29, 0.717) is 0 Å². The molecular weight excluding hydrogens is 244 g/mol. The molecule has 0 radical (unpaired) electrons. The van der Waals surface area contributed by atoms with Crippen LogP contribution in [-0.2, 0) is 6.54 Å². The fourth-order valence-electron chi connectivity index (χ4n) is 1.75. The van der Waals surface area contributed by atoms with E-state index in [0.717, 1.165) is 22.8 Å².